The Morgan fingerprint density at radius 1 is 0.943 bits per heavy atom. The molecule has 1 heterocycles. The van der Waals surface area contributed by atoms with E-state index in [0.29, 0.717) is 38.6 Å². The van der Waals surface area contributed by atoms with Crippen LogP contribution in [0.5, 0.6) is 5.75 Å². The molecule has 3 aromatic rings. The lowest BCUT2D eigenvalue weighted by atomic mass is 10.2. The lowest BCUT2D eigenvalue weighted by Crippen LogP contribution is -2.40. The first kappa shape index (κ1) is 24.7. The van der Waals surface area contributed by atoms with Gasteiger partial charge in [-0.15, -0.1) is 0 Å². The van der Waals surface area contributed by atoms with Gasteiger partial charge in [0, 0.05) is 24.5 Å². The molecule has 0 spiro atoms. The molecule has 0 saturated carbocycles. The van der Waals surface area contributed by atoms with Crippen LogP contribution in [0.4, 0.5) is 11.4 Å². The molecule has 1 amide bonds. The molecule has 0 aromatic heterocycles. The Morgan fingerprint density at radius 2 is 1.57 bits per heavy atom. The second-order valence-electron chi connectivity index (χ2n) is 8.19. The van der Waals surface area contributed by atoms with Crippen molar-refractivity contribution in [2.75, 3.05) is 36.9 Å². The maximum atomic E-state index is 12.7. The van der Waals surface area contributed by atoms with Gasteiger partial charge in [-0.05, 0) is 61.0 Å². The Bertz CT molecular complexity index is 1210. The highest BCUT2D eigenvalue weighted by molar-refractivity contribution is 7.89. The minimum absolute atomic E-state index is 0.193. The summed E-state index contributed by atoms with van der Waals surface area (Å²) in [7, 11) is -3.57. The predicted octanol–water partition coefficient (Wildman–Crippen LogP) is 3.73. The van der Waals surface area contributed by atoms with Crippen LogP contribution in [-0.4, -0.2) is 51.0 Å². The van der Waals surface area contributed by atoms with E-state index in [1.165, 1.54) is 16.4 Å². The molecular weight excluding hydrogens is 466 g/mol. The first-order chi connectivity index (χ1) is 16.9. The molecule has 0 radical (unpaired) electrons. The molecule has 0 aliphatic carbocycles. The largest absolute Gasteiger partial charge is 0.489 e. The van der Waals surface area contributed by atoms with Crippen molar-refractivity contribution in [1.29, 1.82) is 0 Å². The van der Waals surface area contributed by atoms with Crippen molar-refractivity contribution >= 4 is 27.3 Å². The normalized spacial score (nSPS) is 15.2. The maximum Gasteiger partial charge on any atom is 0.246 e. The van der Waals surface area contributed by atoms with Crippen LogP contribution in [0.1, 0.15) is 12.5 Å². The predicted molar refractivity (Wildman–Crippen MR) is 135 cm³/mol. The highest BCUT2D eigenvalue weighted by Crippen LogP contribution is 2.21. The van der Waals surface area contributed by atoms with Crippen molar-refractivity contribution in [1.82, 2.24) is 4.31 Å². The van der Waals surface area contributed by atoms with Gasteiger partial charge in [-0.2, -0.15) is 4.31 Å². The number of ether oxygens (including phenoxy) is 2. The number of anilines is 2. The maximum absolute atomic E-state index is 12.7. The number of rotatable bonds is 9. The van der Waals surface area contributed by atoms with Crippen molar-refractivity contribution in [2.24, 2.45) is 0 Å². The Hall–Kier alpha value is -3.40. The van der Waals surface area contributed by atoms with Gasteiger partial charge in [-0.25, -0.2) is 8.42 Å². The first-order valence-electron chi connectivity index (χ1n) is 11.4. The van der Waals surface area contributed by atoms with Crippen LogP contribution in [-0.2, 0) is 26.2 Å². The highest BCUT2D eigenvalue weighted by atomic mass is 32.2. The molecule has 0 bridgehead atoms. The number of hydrogen-bond donors (Lipinski definition) is 2. The SMILES string of the molecule is C[C@H](Nc1ccc(OCc2ccccc2)cc1)C(=O)Nc1ccc(S(=O)(=O)N2CCOCC2)cc1. The standard InChI is InChI=1S/C26H29N3O5S/c1-20(27-22-7-11-24(12-8-22)34-19-21-5-3-2-4-6-21)26(30)28-23-9-13-25(14-10-23)35(31,32)29-15-17-33-18-16-29/h2-14,20,27H,15-19H2,1H3,(H,28,30)/t20-/m0/s1. The Morgan fingerprint density at radius 3 is 2.23 bits per heavy atom. The number of amides is 1. The lowest BCUT2D eigenvalue weighted by Gasteiger charge is -2.26. The Labute approximate surface area is 205 Å². The quantitative estimate of drug-likeness (QED) is 0.470. The fourth-order valence-electron chi connectivity index (χ4n) is 3.60. The molecular formula is C26H29N3O5S. The molecule has 35 heavy (non-hydrogen) atoms. The van der Waals surface area contributed by atoms with Gasteiger partial charge in [0.05, 0.1) is 18.1 Å². The van der Waals surface area contributed by atoms with Crippen molar-refractivity contribution in [3.8, 4) is 5.75 Å². The molecule has 1 atom stereocenters. The summed E-state index contributed by atoms with van der Waals surface area (Å²) in [6, 6.07) is 23.0. The third-order valence-corrected chi connectivity index (χ3v) is 7.52. The lowest BCUT2D eigenvalue weighted by molar-refractivity contribution is -0.116. The van der Waals surface area contributed by atoms with E-state index in [0.717, 1.165) is 17.0 Å². The van der Waals surface area contributed by atoms with Gasteiger partial charge in [0.25, 0.3) is 0 Å². The Balaban J connectivity index is 1.28. The van der Waals surface area contributed by atoms with Gasteiger partial charge < -0.3 is 20.1 Å². The molecule has 0 unspecified atom stereocenters. The van der Waals surface area contributed by atoms with E-state index < -0.39 is 16.1 Å². The van der Waals surface area contributed by atoms with Crippen LogP contribution in [0.15, 0.2) is 83.8 Å². The minimum Gasteiger partial charge on any atom is -0.489 e. The van der Waals surface area contributed by atoms with Crippen molar-refractivity contribution < 1.29 is 22.7 Å². The summed E-state index contributed by atoms with van der Waals surface area (Å²) in [4.78, 5) is 12.8. The average molecular weight is 496 g/mol. The van der Waals surface area contributed by atoms with E-state index in [9.17, 15) is 13.2 Å². The third-order valence-electron chi connectivity index (χ3n) is 5.61. The molecule has 9 heteroatoms. The molecule has 4 rings (SSSR count). The average Bonchev–Trinajstić information content (AvgIpc) is 2.89. The summed E-state index contributed by atoms with van der Waals surface area (Å²) >= 11 is 0. The molecule has 184 valence electrons. The number of morpholine rings is 1. The van der Waals surface area contributed by atoms with E-state index in [2.05, 4.69) is 10.6 Å². The van der Waals surface area contributed by atoms with E-state index >= 15 is 0 Å². The smallest absolute Gasteiger partial charge is 0.246 e. The summed E-state index contributed by atoms with van der Waals surface area (Å²) in [6.45, 7) is 3.70. The van der Waals surface area contributed by atoms with Crippen molar-refractivity contribution in [3.63, 3.8) is 0 Å². The molecule has 8 nitrogen and oxygen atoms in total. The second-order valence-corrected chi connectivity index (χ2v) is 10.1. The molecule has 1 aliphatic heterocycles. The van der Waals surface area contributed by atoms with Gasteiger partial charge in [0.1, 0.15) is 18.4 Å². The zero-order valence-corrected chi connectivity index (χ0v) is 20.3. The van der Waals surface area contributed by atoms with E-state index in [-0.39, 0.29) is 10.8 Å². The zero-order valence-electron chi connectivity index (χ0n) is 19.5. The number of hydrogen-bond acceptors (Lipinski definition) is 6. The monoisotopic (exact) mass is 495 g/mol. The number of benzene rings is 3. The first-order valence-corrected chi connectivity index (χ1v) is 12.9. The number of sulfonamides is 1. The highest BCUT2D eigenvalue weighted by Gasteiger charge is 2.26. The van der Waals surface area contributed by atoms with Gasteiger partial charge in [0.15, 0.2) is 0 Å². The Kier molecular flexibility index (Phi) is 8.02. The zero-order chi connectivity index (χ0) is 24.7. The van der Waals surface area contributed by atoms with Gasteiger partial charge in [-0.3, -0.25) is 4.79 Å². The van der Waals surface area contributed by atoms with E-state index in [1.807, 2.05) is 54.6 Å². The van der Waals surface area contributed by atoms with Crippen LogP contribution >= 0.6 is 0 Å². The van der Waals surface area contributed by atoms with Gasteiger partial charge in [0.2, 0.25) is 15.9 Å². The summed E-state index contributed by atoms with van der Waals surface area (Å²) < 4.78 is 37.9. The summed E-state index contributed by atoms with van der Waals surface area (Å²) in [5, 5.41) is 5.97. The summed E-state index contributed by atoms with van der Waals surface area (Å²) in [6.07, 6.45) is 0. The number of nitrogens with one attached hydrogen (secondary N) is 2. The topological polar surface area (TPSA) is 97.0 Å². The molecule has 1 aliphatic rings. The van der Waals surface area contributed by atoms with Crippen LogP contribution in [0.2, 0.25) is 0 Å². The third kappa shape index (κ3) is 6.60. The van der Waals surface area contributed by atoms with E-state index in [1.54, 1.807) is 19.1 Å². The summed E-state index contributed by atoms with van der Waals surface area (Å²) in [5.74, 6) is 0.502. The molecule has 2 N–H and O–H groups in total. The number of nitrogens with zero attached hydrogens (tertiary/aromatic N) is 1. The summed E-state index contributed by atoms with van der Waals surface area (Å²) in [5.41, 5.74) is 2.40. The van der Waals surface area contributed by atoms with Crippen molar-refractivity contribution in [3.05, 3.63) is 84.4 Å². The minimum atomic E-state index is -3.57. The van der Waals surface area contributed by atoms with Gasteiger partial charge >= 0.3 is 0 Å². The van der Waals surface area contributed by atoms with E-state index in [4.69, 9.17) is 9.47 Å². The fraction of sp³-hybridized carbons (Fsp3) is 0.269. The van der Waals surface area contributed by atoms with Crippen molar-refractivity contribution in [2.45, 2.75) is 24.5 Å². The second kappa shape index (κ2) is 11.4. The molecule has 1 fully saturated rings. The van der Waals surface area contributed by atoms with Crippen LogP contribution in [0, 0.1) is 0 Å². The number of carbonyl (C=O) groups is 1. The van der Waals surface area contributed by atoms with Gasteiger partial charge in [-0.1, -0.05) is 30.3 Å². The fourth-order valence-corrected chi connectivity index (χ4v) is 5.01. The van der Waals surface area contributed by atoms with Crippen LogP contribution < -0.4 is 15.4 Å². The number of carbonyl (C=O) groups excluding carboxylic acids is 1. The molecule has 3 aromatic carbocycles. The van der Waals surface area contributed by atoms with Crippen LogP contribution in [0.25, 0.3) is 0 Å². The molecule has 1 saturated heterocycles. The van der Waals surface area contributed by atoms with Crippen LogP contribution in [0.3, 0.4) is 0 Å².